The number of terminal acetylenes is 1. The van der Waals surface area contributed by atoms with Crippen molar-refractivity contribution < 1.29 is 43.2 Å². The SMILES string of the molecule is C#COC(=O)[C@@H](Br)C[C@@H](CC(C)(CC(C)(C)C(=O)OCCO)C(=O)OC)C(=O)OCCCCCCCCCCCCCCCCCC. The van der Waals surface area contributed by atoms with E-state index in [1.165, 1.54) is 84.2 Å². The average Bonchev–Trinajstić information content (AvgIpc) is 3.03. The third-order valence-electron chi connectivity index (χ3n) is 8.57. The summed E-state index contributed by atoms with van der Waals surface area (Å²) < 4.78 is 20.5. The van der Waals surface area contributed by atoms with Crippen molar-refractivity contribution in [2.75, 3.05) is 26.9 Å². The number of carbonyl (C=O) groups excluding carboxylic acids is 4. The number of hydrogen-bond donors (Lipinski definition) is 1. The molecule has 3 atom stereocenters. The summed E-state index contributed by atoms with van der Waals surface area (Å²) in [5.74, 6) is -3.41. The van der Waals surface area contributed by atoms with Gasteiger partial charge in [-0.25, -0.2) is 4.79 Å². The van der Waals surface area contributed by atoms with E-state index in [0.29, 0.717) is 6.42 Å². The number of carbonyl (C=O) groups is 4. The summed E-state index contributed by atoms with van der Waals surface area (Å²) in [6.07, 6.45) is 26.7. The molecule has 0 saturated heterocycles. The fourth-order valence-electron chi connectivity index (χ4n) is 6.07. The number of aliphatic hydroxyl groups excluding tert-OH is 1. The first-order valence-corrected chi connectivity index (χ1v) is 18.6. The summed E-state index contributed by atoms with van der Waals surface area (Å²) in [5.41, 5.74) is -2.45. The Bertz CT molecular complexity index is 929. The molecule has 0 saturated carbocycles. The molecule has 0 aliphatic carbocycles. The Morgan fingerprint density at radius 2 is 1.23 bits per heavy atom. The normalized spacial score (nSPS) is 13.9. The van der Waals surface area contributed by atoms with Crippen molar-refractivity contribution in [3.63, 3.8) is 0 Å². The van der Waals surface area contributed by atoms with Crippen molar-refractivity contribution in [1.82, 2.24) is 0 Å². The highest BCUT2D eigenvalue weighted by Gasteiger charge is 2.46. The molecule has 0 heterocycles. The minimum Gasteiger partial charge on any atom is -0.469 e. The van der Waals surface area contributed by atoms with E-state index in [0.717, 1.165) is 19.3 Å². The fraction of sp³-hybridized carbons (Fsp3) is 0.838. The van der Waals surface area contributed by atoms with Gasteiger partial charge in [0, 0.05) is 0 Å². The Morgan fingerprint density at radius 1 is 0.745 bits per heavy atom. The van der Waals surface area contributed by atoms with Crippen LogP contribution in [0.4, 0.5) is 0 Å². The largest absolute Gasteiger partial charge is 0.469 e. The predicted octanol–water partition coefficient (Wildman–Crippen LogP) is 8.22. The van der Waals surface area contributed by atoms with Gasteiger partial charge in [0.2, 0.25) is 0 Å². The second kappa shape index (κ2) is 26.8. The monoisotopic (exact) mass is 730 g/mol. The van der Waals surface area contributed by atoms with Crippen LogP contribution < -0.4 is 0 Å². The van der Waals surface area contributed by atoms with Crippen LogP contribution in [-0.2, 0) is 38.1 Å². The van der Waals surface area contributed by atoms with E-state index in [2.05, 4.69) is 27.6 Å². The molecule has 272 valence electrons. The molecule has 0 radical (unpaired) electrons. The van der Waals surface area contributed by atoms with Gasteiger partial charge < -0.3 is 24.1 Å². The van der Waals surface area contributed by atoms with Gasteiger partial charge in [0.05, 0.1) is 37.1 Å². The molecular weight excluding hydrogens is 668 g/mol. The Morgan fingerprint density at radius 3 is 1.68 bits per heavy atom. The Labute approximate surface area is 293 Å². The number of unbranched alkanes of at least 4 members (excludes halogenated alkanes) is 15. The number of alkyl halides is 1. The lowest BCUT2D eigenvalue weighted by Gasteiger charge is -2.36. The van der Waals surface area contributed by atoms with Crippen LogP contribution in [0.15, 0.2) is 0 Å². The first-order valence-electron chi connectivity index (χ1n) is 17.7. The van der Waals surface area contributed by atoms with Crippen molar-refractivity contribution >= 4 is 39.8 Å². The molecule has 0 aromatic heterocycles. The number of ether oxygens (including phenoxy) is 4. The van der Waals surface area contributed by atoms with Gasteiger partial charge in [-0.1, -0.05) is 126 Å². The number of hydrogen-bond acceptors (Lipinski definition) is 9. The molecule has 9 nitrogen and oxygen atoms in total. The van der Waals surface area contributed by atoms with Crippen molar-refractivity contribution in [3.05, 3.63) is 0 Å². The molecule has 1 unspecified atom stereocenters. The van der Waals surface area contributed by atoms with Gasteiger partial charge in [-0.05, 0) is 46.5 Å². The second-order valence-electron chi connectivity index (χ2n) is 13.6. The molecule has 47 heavy (non-hydrogen) atoms. The zero-order valence-corrected chi connectivity index (χ0v) is 31.5. The molecule has 0 aliphatic rings. The topological polar surface area (TPSA) is 125 Å². The van der Waals surface area contributed by atoms with E-state index >= 15 is 0 Å². The molecule has 0 amide bonds. The maximum absolute atomic E-state index is 13.3. The number of esters is 4. The Hall–Kier alpha value is -2.12. The zero-order chi connectivity index (χ0) is 35.6. The predicted molar refractivity (Wildman–Crippen MR) is 187 cm³/mol. The van der Waals surface area contributed by atoms with Crippen LogP contribution in [0.1, 0.15) is 150 Å². The summed E-state index contributed by atoms with van der Waals surface area (Å²) in [6.45, 7) is 6.83. The van der Waals surface area contributed by atoms with E-state index in [1.807, 2.05) is 6.11 Å². The number of methoxy groups -OCH3 is 1. The standard InChI is InChI=1S/C37H63BrO9/c1-7-9-10-11-12-13-14-15-16-17-18-19-20-21-22-23-25-46-32(40)30(27-31(38)33(41)45-8-2)28-37(5,35(43)44-6)29-36(3,4)34(42)47-26-24-39/h2,30-31,39H,7,9-29H2,1,3-6H3/t30-,31-,37?/m0/s1. The molecule has 0 aromatic carbocycles. The minimum absolute atomic E-state index is 0.0123. The highest BCUT2D eigenvalue weighted by molar-refractivity contribution is 9.10. The van der Waals surface area contributed by atoms with E-state index in [4.69, 9.17) is 25.7 Å². The summed E-state index contributed by atoms with van der Waals surface area (Å²) in [7, 11) is 1.24. The number of aliphatic hydroxyl groups is 1. The van der Waals surface area contributed by atoms with Gasteiger partial charge in [-0.15, -0.1) is 0 Å². The molecule has 0 spiro atoms. The quantitative estimate of drug-likeness (QED) is 0.0266. The summed E-state index contributed by atoms with van der Waals surface area (Å²) >= 11 is 3.25. The van der Waals surface area contributed by atoms with Gasteiger partial charge in [0.15, 0.2) is 0 Å². The lowest BCUT2D eigenvalue weighted by molar-refractivity contribution is -0.164. The van der Waals surface area contributed by atoms with Crippen LogP contribution in [0.25, 0.3) is 0 Å². The molecule has 0 fully saturated rings. The van der Waals surface area contributed by atoms with Gasteiger partial charge in [-0.3, -0.25) is 14.4 Å². The maximum atomic E-state index is 13.3. The summed E-state index contributed by atoms with van der Waals surface area (Å²) in [5, 5.41) is 9.04. The smallest absolute Gasteiger partial charge is 0.333 e. The van der Waals surface area contributed by atoms with Gasteiger partial charge in [-0.2, -0.15) is 0 Å². The van der Waals surface area contributed by atoms with Crippen molar-refractivity contribution in [1.29, 1.82) is 0 Å². The highest BCUT2D eigenvalue weighted by atomic mass is 79.9. The zero-order valence-electron chi connectivity index (χ0n) is 29.9. The van der Waals surface area contributed by atoms with Crippen molar-refractivity contribution in [3.8, 4) is 12.5 Å². The maximum Gasteiger partial charge on any atom is 0.333 e. The molecule has 0 bridgehead atoms. The molecular formula is C37H63BrO9. The Balaban J connectivity index is 4.90. The van der Waals surface area contributed by atoms with E-state index in [9.17, 15) is 19.2 Å². The second-order valence-corrected chi connectivity index (χ2v) is 14.7. The third kappa shape index (κ3) is 20.8. The summed E-state index contributed by atoms with van der Waals surface area (Å²) in [4.78, 5) is 50.4. The number of halogens is 1. The van der Waals surface area contributed by atoms with E-state index in [1.54, 1.807) is 20.8 Å². The van der Waals surface area contributed by atoms with Crippen LogP contribution in [0.5, 0.6) is 0 Å². The first-order chi connectivity index (χ1) is 22.4. The molecule has 0 aromatic rings. The molecule has 1 N–H and O–H groups in total. The van der Waals surface area contributed by atoms with Gasteiger partial charge >= 0.3 is 23.9 Å². The van der Waals surface area contributed by atoms with Crippen LogP contribution in [-0.4, -0.2) is 60.7 Å². The van der Waals surface area contributed by atoms with Crippen LogP contribution in [0.2, 0.25) is 0 Å². The summed E-state index contributed by atoms with van der Waals surface area (Å²) in [6, 6.07) is 0. The lowest BCUT2D eigenvalue weighted by atomic mass is 9.69. The van der Waals surface area contributed by atoms with Crippen LogP contribution in [0, 0.1) is 29.3 Å². The van der Waals surface area contributed by atoms with E-state index in [-0.39, 0.29) is 39.1 Å². The Kier molecular flexibility index (Phi) is 25.6. The molecule has 0 rings (SSSR count). The molecule has 0 aliphatic heterocycles. The molecule has 10 heteroatoms. The average molecular weight is 732 g/mol. The first kappa shape index (κ1) is 44.9. The number of rotatable bonds is 29. The van der Waals surface area contributed by atoms with Crippen molar-refractivity contribution in [2.24, 2.45) is 16.7 Å². The lowest BCUT2D eigenvalue weighted by Crippen LogP contribution is -2.41. The van der Waals surface area contributed by atoms with Crippen molar-refractivity contribution in [2.45, 2.75) is 155 Å². The van der Waals surface area contributed by atoms with Crippen LogP contribution in [0.3, 0.4) is 0 Å². The van der Waals surface area contributed by atoms with Gasteiger partial charge in [0.25, 0.3) is 0 Å². The third-order valence-corrected chi connectivity index (χ3v) is 9.31. The van der Waals surface area contributed by atoms with E-state index < -0.39 is 45.5 Å². The van der Waals surface area contributed by atoms with Gasteiger partial charge in [0.1, 0.15) is 17.5 Å². The highest BCUT2D eigenvalue weighted by Crippen LogP contribution is 2.42. The minimum atomic E-state index is -1.31. The van der Waals surface area contributed by atoms with Crippen LogP contribution >= 0.6 is 15.9 Å². The fourth-order valence-corrected chi connectivity index (χ4v) is 6.62.